The summed E-state index contributed by atoms with van der Waals surface area (Å²) in [4.78, 5) is 4.07. The molecule has 1 aromatic heterocycles. The summed E-state index contributed by atoms with van der Waals surface area (Å²) in [6, 6.07) is 4.04. The third-order valence-electron chi connectivity index (χ3n) is 2.52. The SMILES string of the molecule is NC(C1=CCCC1)c1cccnc1. The molecule has 0 aromatic carbocycles. The van der Waals surface area contributed by atoms with Gasteiger partial charge in [0, 0.05) is 12.4 Å². The summed E-state index contributed by atoms with van der Waals surface area (Å²) in [6.07, 6.45) is 9.48. The molecule has 13 heavy (non-hydrogen) atoms. The van der Waals surface area contributed by atoms with E-state index in [2.05, 4.69) is 11.1 Å². The lowest BCUT2D eigenvalue weighted by molar-refractivity contribution is 0.781. The number of rotatable bonds is 2. The van der Waals surface area contributed by atoms with Crippen molar-refractivity contribution in [3.05, 3.63) is 41.7 Å². The van der Waals surface area contributed by atoms with Crippen LogP contribution in [0.15, 0.2) is 36.2 Å². The Morgan fingerprint density at radius 2 is 2.38 bits per heavy atom. The highest BCUT2D eigenvalue weighted by Crippen LogP contribution is 2.27. The molecule has 2 heteroatoms. The molecule has 1 atom stereocenters. The van der Waals surface area contributed by atoms with Crippen molar-refractivity contribution in [3.8, 4) is 0 Å². The summed E-state index contributed by atoms with van der Waals surface area (Å²) in [5.41, 5.74) is 8.58. The maximum absolute atomic E-state index is 6.09. The lowest BCUT2D eigenvalue weighted by atomic mass is 10.0. The molecule has 0 bridgehead atoms. The number of pyridine rings is 1. The van der Waals surface area contributed by atoms with Gasteiger partial charge in [-0.3, -0.25) is 4.98 Å². The molecule has 1 aromatic rings. The van der Waals surface area contributed by atoms with Gasteiger partial charge in [-0.2, -0.15) is 0 Å². The number of hydrogen-bond acceptors (Lipinski definition) is 2. The largest absolute Gasteiger partial charge is 0.320 e. The van der Waals surface area contributed by atoms with E-state index in [-0.39, 0.29) is 6.04 Å². The van der Waals surface area contributed by atoms with Gasteiger partial charge in [0.05, 0.1) is 6.04 Å². The molecule has 68 valence electrons. The highest BCUT2D eigenvalue weighted by Gasteiger charge is 2.14. The molecule has 0 radical (unpaired) electrons. The van der Waals surface area contributed by atoms with Gasteiger partial charge in [-0.1, -0.05) is 17.7 Å². The Balaban J connectivity index is 2.17. The summed E-state index contributed by atoms with van der Waals surface area (Å²) < 4.78 is 0. The number of allylic oxidation sites excluding steroid dienone is 1. The molecule has 1 aliphatic rings. The zero-order valence-corrected chi connectivity index (χ0v) is 7.61. The van der Waals surface area contributed by atoms with Crippen molar-refractivity contribution in [2.75, 3.05) is 0 Å². The van der Waals surface area contributed by atoms with Crippen molar-refractivity contribution in [1.29, 1.82) is 0 Å². The number of nitrogens with zero attached hydrogens (tertiary/aromatic N) is 1. The van der Waals surface area contributed by atoms with E-state index in [1.165, 1.54) is 18.4 Å². The van der Waals surface area contributed by atoms with Crippen LogP contribution in [0, 0.1) is 0 Å². The van der Waals surface area contributed by atoms with E-state index in [0.717, 1.165) is 12.0 Å². The topological polar surface area (TPSA) is 38.9 Å². The van der Waals surface area contributed by atoms with Gasteiger partial charge in [0.25, 0.3) is 0 Å². The van der Waals surface area contributed by atoms with Crippen LogP contribution in [0.4, 0.5) is 0 Å². The monoisotopic (exact) mass is 174 g/mol. The van der Waals surface area contributed by atoms with E-state index in [9.17, 15) is 0 Å². The zero-order valence-electron chi connectivity index (χ0n) is 7.61. The Kier molecular flexibility index (Phi) is 2.41. The molecule has 2 N–H and O–H groups in total. The highest BCUT2D eigenvalue weighted by atomic mass is 14.7. The molecule has 0 amide bonds. The van der Waals surface area contributed by atoms with Crippen LogP contribution >= 0.6 is 0 Å². The summed E-state index contributed by atoms with van der Waals surface area (Å²) in [7, 11) is 0. The van der Waals surface area contributed by atoms with Crippen LogP contribution in [0.3, 0.4) is 0 Å². The second-order valence-corrected chi connectivity index (χ2v) is 3.44. The minimum atomic E-state index is 0.0659. The quantitative estimate of drug-likeness (QED) is 0.698. The minimum Gasteiger partial charge on any atom is -0.320 e. The van der Waals surface area contributed by atoms with Crippen molar-refractivity contribution in [2.24, 2.45) is 5.73 Å². The molecule has 0 spiro atoms. The third kappa shape index (κ3) is 1.78. The van der Waals surface area contributed by atoms with E-state index in [4.69, 9.17) is 5.73 Å². The average molecular weight is 174 g/mol. The van der Waals surface area contributed by atoms with Crippen molar-refractivity contribution in [1.82, 2.24) is 4.98 Å². The normalized spacial score (nSPS) is 18.4. The molecular formula is C11H14N2. The van der Waals surface area contributed by atoms with Crippen LogP contribution in [-0.4, -0.2) is 4.98 Å². The first-order valence-corrected chi connectivity index (χ1v) is 4.72. The number of nitrogens with two attached hydrogens (primary N) is 1. The first kappa shape index (κ1) is 8.45. The Morgan fingerprint density at radius 1 is 1.46 bits per heavy atom. The lowest BCUT2D eigenvalue weighted by Gasteiger charge is -2.12. The van der Waals surface area contributed by atoms with Crippen LogP contribution in [0.1, 0.15) is 30.9 Å². The molecular weight excluding hydrogens is 160 g/mol. The molecule has 0 saturated heterocycles. The van der Waals surface area contributed by atoms with Gasteiger partial charge in [-0.05, 0) is 30.9 Å². The zero-order chi connectivity index (χ0) is 9.10. The Hall–Kier alpha value is -1.15. The fraction of sp³-hybridized carbons (Fsp3) is 0.364. The standard InChI is InChI=1S/C11H14N2/c12-11(9-4-1-2-5-9)10-6-3-7-13-8-10/h3-4,6-8,11H,1-2,5,12H2. The van der Waals surface area contributed by atoms with Gasteiger partial charge in [-0.25, -0.2) is 0 Å². The van der Waals surface area contributed by atoms with E-state index >= 15 is 0 Å². The Morgan fingerprint density at radius 3 is 3.00 bits per heavy atom. The molecule has 0 fully saturated rings. The van der Waals surface area contributed by atoms with Gasteiger partial charge in [-0.15, -0.1) is 0 Å². The average Bonchev–Trinajstić information content (AvgIpc) is 2.71. The second-order valence-electron chi connectivity index (χ2n) is 3.44. The van der Waals surface area contributed by atoms with Crippen molar-refractivity contribution in [2.45, 2.75) is 25.3 Å². The highest BCUT2D eigenvalue weighted by molar-refractivity contribution is 5.26. The molecule has 0 aliphatic heterocycles. The van der Waals surface area contributed by atoms with Gasteiger partial charge in [0.1, 0.15) is 0 Å². The number of hydrogen-bond donors (Lipinski definition) is 1. The summed E-state index contributed by atoms with van der Waals surface area (Å²) in [5.74, 6) is 0. The summed E-state index contributed by atoms with van der Waals surface area (Å²) in [5, 5.41) is 0. The van der Waals surface area contributed by atoms with Gasteiger partial charge in [0.2, 0.25) is 0 Å². The third-order valence-corrected chi connectivity index (χ3v) is 2.52. The van der Waals surface area contributed by atoms with E-state index in [1.54, 1.807) is 6.20 Å². The van der Waals surface area contributed by atoms with E-state index in [1.807, 2.05) is 18.3 Å². The fourth-order valence-electron chi connectivity index (χ4n) is 1.75. The van der Waals surface area contributed by atoms with Crippen LogP contribution in [-0.2, 0) is 0 Å². The first-order chi connectivity index (χ1) is 6.38. The summed E-state index contributed by atoms with van der Waals surface area (Å²) in [6.45, 7) is 0. The van der Waals surface area contributed by atoms with Crippen molar-refractivity contribution < 1.29 is 0 Å². The first-order valence-electron chi connectivity index (χ1n) is 4.72. The molecule has 2 nitrogen and oxygen atoms in total. The van der Waals surface area contributed by atoms with Crippen LogP contribution in [0.25, 0.3) is 0 Å². The van der Waals surface area contributed by atoms with Gasteiger partial charge < -0.3 is 5.73 Å². The van der Waals surface area contributed by atoms with Crippen LogP contribution in [0.2, 0.25) is 0 Å². The predicted octanol–water partition coefficient (Wildman–Crippen LogP) is 2.19. The smallest absolute Gasteiger partial charge is 0.0526 e. The molecule has 1 aliphatic carbocycles. The minimum absolute atomic E-state index is 0.0659. The van der Waals surface area contributed by atoms with E-state index < -0.39 is 0 Å². The maximum Gasteiger partial charge on any atom is 0.0526 e. The van der Waals surface area contributed by atoms with Crippen LogP contribution in [0.5, 0.6) is 0 Å². The molecule has 1 heterocycles. The van der Waals surface area contributed by atoms with E-state index in [0.29, 0.717) is 0 Å². The molecule has 2 rings (SSSR count). The fourth-order valence-corrected chi connectivity index (χ4v) is 1.75. The Bertz CT molecular complexity index is 303. The van der Waals surface area contributed by atoms with Crippen molar-refractivity contribution in [3.63, 3.8) is 0 Å². The maximum atomic E-state index is 6.09. The lowest BCUT2D eigenvalue weighted by Crippen LogP contribution is -2.12. The second kappa shape index (κ2) is 3.71. The van der Waals surface area contributed by atoms with Crippen LogP contribution < -0.4 is 5.73 Å². The summed E-state index contributed by atoms with van der Waals surface area (Å²) >= 11 is 0. The Labute approximate surface area is 78.5 Å². The van der Waals surface area contributed by atoms with Gasteiger partial charge >= 0.3 is 0 Å². The van der Waals surface area contributed by atoms with Crippen molar-refractivity contribution >= 4 is 0 Å². The number of aromatic nitrogens is 1. The van der Waals surface area contributed by atoms with Gasteiger partial charge in [0.15, 0.2) is 0 Å². The molecule has 0 saturated carbocycles. The predicted molar refractivity (Wildman–Crippen MR) is 53.1 cm³/mol. The molecule has 1 unspecified atom stereocenters.